The van der Waals surface area contributed by atoms with Crippen LogP contribution in [0.3, 0.4) is 0 Å². The van der Waals surface area contributed by atoms with Crippen molar-refractivity contribution in [3.63, 3.8) is 0 Å². The van der Waals surface area contributed by atoms with Gasteiger partial charge in [0.15, 0.2) is 0 Å². The van der Waals surface area contributed by atoms with Crippen molar-refractivity contribution in [1.82, 2.24) is 15.5 Å². The van der Waals surface area contributed by atoms with Crippen molar-refractivity contribution in [2.24, 2.45) is 0 Å². The van der Waals surface area contributed by atoms with E-state index in [0.717, 1.165) is 0 Å². The number of aromatic nitrogens is 2. The maximum Gasteiger partial charge on any atom is 0.271 e. The Balaban J connectivity index is 1.67. The second-order valence-corrected chi connectivity index (χ2v) is 5.64. The van der Waals surface area contributed by atoms with Gasteiger partial charge in [-0.3, -0.25) is 19.5 Å². The van der Waals surface area contributed by atoms with Crippen LogP contribution in [0.1, 0.15) is 33.5 Å². The number of carbonyl (C=O) groups is 3. The van der Waals surface area contributed by atoms with Crippen LogP contribution >= 0.6 is 0 Å². The Hall–Kier alpha value is -3.88. The predicted octanol–water partition coefficient (Wildman–Crippen LogP) is 2.14. The fourth-order valence-corrected chi connectivity index (χ4v) is 2.36. The largest absolute Gasteiger partial charge is 0.467 e. The zero-order chi connectivity index (χ0) is 19.2. The molecule has 4 N–H and O–H groups in total. The Bertz CT molecular complexity index is 962. The normalized spacial score (nSPS) is 10.3. The molecule has 0 fully saturated rings. The lowest BCUT2D eigenvalue weighted by Crippen LogP contribution is -2.24. The van der Waals surface area contributed by atoms with Gasteiger partial charge in [0.05, 0.1) is 24.7 Å². The number of carbonyl (C=O) groups excluding carboxylic acids is 3. The molecule has 0 radical (unpaired) electrons. The molecular formula is C18H17N5O4. The van der Waals surface area contributed by atoms with Crippen LogP contribution in [0.15, 0.2) is 53.3 Å². The summed E-state index contributed by atoms with van der Waals surface area (Å²) in [5, 5.41) is 14.3. The lowest BCUT2D eigenvalue weighted by molar-refractivity contribution is -0.114. The number of anilines is 2. The summed E-state index contributed by atoms with van der Waals surface area (Å²) in [6, 6.07) is 9.90. The highest BCUT2D eigenvalue weighted by molar-refractivity contribution is 6.08. The van der Waals surface area contributed by atoms with Gasteiger partial charge < -0.3 is 20.4 Å². The van der Waals surface area contributed by atoms with Gasteiger partial charge >= 0.3 is 0 Å². The number of aromatic amines is 1. The zero-order valence-electron chi connectivity index (χ0n) is 14.4. The molecule has 0 aliphatic carbocycles. The first-order chi connectivity index (χ1) is 13.0. The molecule has 0 saturated carbocycles. The SMILES string of the molecule is CC(=O)Nc1cccc(C(=O)Nc2cn[nH]c2C(=O)NCc2ccco2)c1. The van der Waals surface area contributed by atoms with Crippen LogP contribution < -0.4 is 16.0 Å². The Morgan fingerprint density at radius 2 is 1.96 bits per heavy atom. The molecular weight excluding hydrogens is 350 g/mol. The van der Waals surface area contributed by atoms with Crippen LogP contribution in [0.4, 0.5) is 11.4 Å². The Morgan fingerprint density at radius 3 is 2.70 bits per heavy atom. The van der Waals surface area contributed by atoms with Gasteiger partial charge in [0.2, 0.25) is 5.91 Å². The minimum Gasteiger partial charge on any atom is -0.467 e. The zero-order valence-corrected chi connectivity index (χ0v) is 14.4. The summed E-state index contributed by atoms with van der Waals surface area (Å²) in [7, 11) is 0. The predicted molar refractivity (Wildman–Crippen MR) is 97.2 cm³/mol. The van der Waals surface area contributed by atoms with Crippen LogP contribution in [0, 0.1) is 0 Å². The summed E-state index contributed by atoms with van der Waals surface area (Å²) >= 11 is 0. The third kappa shape index (κ3) is 4.60. The van der Waals surface area contributed by atoms with Gasteiger partial charge in [-0.25, -0.2) is 0 Å². The first-order valence-corrected chi connectivity index (χ1v) is 8.06. The number of rotatable bonds is 6. The smallest absolute Gasteiger partial charge is 0.271 e. The monoisotopic (exact) mass is 367 g/mol. The third-order valence-electron chi connectivity index (χ3n) is 3.56. The molecule has 0 spiro atoms. The van der Waals surface area contributed by atoms with E-state index in [1.807, 2.05) is 0 Å². The lowest BCUT2D eigenvalue weighted by Gasteiger charge is -2.08. The molecule has 0 saturated heterocycles. The summed E-state index contributed by atoms with van der Waals surface area (Å²) in [5.74, 6) is -0.518. The van der Waals surface area contributed by atoms with Gasteiger partial charge in [0.25, 0.3) is 11.8 Å². The van der Waals surface area contributed by atoms with Gasteiger partial charge in [0.1, 0.15) is 11.5 Å². The number of hydrogen-bond acceptors (Lipinski definition) is 5. The highest BCUT2D eigenvalue weighted by atomic mass is 16.3. The molecule has 0 unspecified atom stereocenters. The number of hydrogen-bond donors (Lipinski definition) is 4. The molecule has 3 amide bonds. The van der Waals surface area contributed by atoms with Crippen LogP contribution in [0.2, 0.25) is 0 Å². The number of nitrogens with one attached hydrogen (secondary N) is 4. The van der Waals surface area contributed by atoms with E-state index in [1.54, 1.807) is 30.3 Å². The van der Waals surface area contributed by atoms with Crippen molar-refractivity contribution in [3.8, 4) is 0 Å². The number of amides is 3. The van der Waals surface area contributed by atoms with Crippen LogP contribution in [0.5, 0.6) is 0 Å². The molecule has 1 aromatic carbocycles. The highest BCUT2D eigenvalue weighted by Gasteiger charge is 2.17. The molecule has 2 heterocycles. The maximum atomic E-state index is 12.5. The van der Waals surface area contributed by atoms with Gasteiger partial charge in [0, 0.05) is 18.2 Å². The van der Waals surface area contributed by atoms with Gasteiger partial charge in [-0.15, -0.1) is 0 Å². The molecule has 138 valence electrons. The van der Waals surface area contributed by atoms with E-state index in [2.05, 4.69) is 26.1 Å². The van der Waals surface area contributed by atoms with E-state index in [1.165, 1.54) is 25.5 Å². The fraction of sp³-hybridized carbons (Fsp3) is 0.111. The molecule has 9 nitrogen and oxygen atoms in total. The summed E-state index contributed by atoms with van der Waals surface area (Å²) in [6.45, 7) is 1.59. The molecule has 0 bridgehead atoms. The third-order valence-corrected chi connectivity index (χ3v) is 3.56. The minimum absolute atomic E-state index is 0.118. The van der Waals surface area contributed by atoms with Crippen LogP contribution in [0.25, 0.3) is 0 Å². The second kappa shape index (κ2) is 8.00. The van der Waals surface area contributed by atoms with E-state index in [9.17, 15) is 14.4 Å². The van der Waals surface area contributed by atoms with E-state index >= 15 is 0 Å². The van der Waals surface area contributed by atoms with E-state index < -0.39 is 11.8 Å². The van der Waals surface area contributed by atoms with Gasteiger partial charge in [-0.05, 0) is 30.3 Å². The molecule has 3 rings (SSSR count). The summed E-state index contributed by atoms with van der Waals surface area (Å²) < 4.78 is 5.15. The van der Waals surface area contributed by atoms with E-state index in [0.29, 0.717) is 17.0 Å². The molecule has 27 heavy (non-hydrogen) atoms. The van der Waals surface area contributed by atoms with Crippen LogP contribution in [-0.4, -0.2) is 27.9 Å². The van der Waals surface area contributed by atoms with Crippen molar-refractivity contribution in [2.45, 2.75) is 13.5 Å². The van der Waals surface area contributed by atoms with Crippen molar-refractivity contribution in [2.75, 3.05) is 10.6 Å². The molecule has 0 aliphatic rings. The quantitative estimate of drug-likeness (QED) is 0.530. The molecule has 0 atom stereocenters. The average Bonchev–Trinajstić information content (AvgIpc) is 3.31. The molecule has 3 aromatic rings. The average molecular weight is 367 g/mol. The first kappa shape index (κ1) is 17.9. The first-order valence-electron chi connectivity index (χ1n) is 8.06. The van der Waals surface area contributed by atoms with Gasteiger partial charge in [-0.2, -0.15) is 5.10 Å². The highest BCUT2D eigenvalue weighted by Crippen LogP contribution is 2.16. The topological polar surface area (TPSA) is 129 Å². The number of H-pyrrole nitrogens is 1. The van der Waals surface area contributed by atoms with Crippen molar-refractivity contribution in [1.29, 1.82) is 0 Å². The van der Waals surface area contributed by atoms with Gasteiger partial charge in [-0.1, -0.05) is 6.07 Å². The Kier molecular flexibility index (Phi) is 5.31. The maximum absolute atomic E-state index is 12.5. The molecule has 2 aromatic heterocycles. The van der Waals surface area contributed by atoms with E-state index in [4.69, 9.17) is 4.42 Å². The number of benzene rings is 1. The number of nitrogens with zero attached hydrogens (tertiary/aromatic N) is 1. The number of furan rings is 1. The summed E-state index contributed by atoms with van der Waals surface area (Å²) in [5.41, 5.74) is 1.18. The van der Waals surface area contributed by atoms with Crippen molar-refractivity contribution >= 4 is 29.1 Å². The lowest BCUT2D eigenvalue weighted by atomic mass is 10.2. The molecule has 0 aliphatic heterocycles. The Morgan fingerprint density at radius 1 is 1.11 bits per heavy atom. The Labute approximate surface area is 154 Å². The summed E-state index contributed by atoms with van der Waals surface area (Å²) in [4.78, 5) is 35.9. The fourth-order valence-electron chi connectivity index (χ4n) is 2.36. The summed E-state index contributed by atoms with van der Waals surface area (Å²) in [6.07, 6.45) is 2.86. The minimum atomic E-state index is -0.441. The van der Waals surface area contributed by atoms with Crippen molar-refractivity contribution in [3.05, 3.63) is 65.9 Å². The van der Waals surface area contributed by atoms with E-state index in [-0.39, 0.29) is 23.8 Å². The van der Waals surface area contributed by atoms with Crippen molar-refractivity contribution < 1.29 is 18.8 Å². The standard InChI is InChI=1S/C18H17N5O4/c1-11(24)21-13-5-2-4-12(8-13)17(25)22-15-10-20-23-16(15)18(26)19-9-14-6-3-7-27-14/h2-8,10H,9H2,1H3,(H,19,26)(H,20,23)(H,21,24)(H,22,25). The van der Waals surface area contributed by atoms with Crippen LogP contribution in [-0.2, 0) is 11.3 Å². The second-order valence-electron chi connectivity index (χ2n) is 5.64. The molecule has 9 heteroatoms.